The van der Waals surface area contributed by atoms with Gasteiger partial charge in [0.2, 0.25) is 0 Å². The molecule has 1 aromatic rings. The zero-order valence-electron chi connectivity index (χ0n) is 8.14. The van der Waals surface area contributed by atoms with Crippen molar-refractivity contribution in [2.45, 2.75) is 18.8 Å². The van der Waals surface area contributed by atoms with Crippen molar-refractivity contribution in [1.29, 1.82) is 0 Å². The van der Waals surface area contributed by atoms with Crippen molar-refractivity contribution in [3.8, 4) is 0 Å². The van der Waals surface area contributed by atoms with Gasteiger partial charge in [0.25, 0.3) is 6.01 Å². The van der Waals surface area contributed by atoms with Gasteiger partial charge in [-0.25, -0.2) is 0 Å². The third-order valence-electron chi connectivity index (χ3n) is 2.21. The van der Waals surface area contributed by atoms with Crippen LogP contribution in [0.2, 0.25) is 0 Å². The van der Waals surface area contributed by atoms with E-state index >= 15 is 0 Å². The number of aromatic nitrogens is 1. The van der Waals surface area contributed by atoms with Crippen molar-refractivity contribution in [2.24, 2.45) is 0 Å². The lowest BCUT2D eigenvalue weighted by atomic mass is 10.4. The number of anilines is 1. The van der Waals surface area contributed by atoms with Crippen molar-refractivity contribution in [1.82, 2.24) is 4.98 Å². The molecule has 0 saturated carbocycles. The van der Waals surface area contributed by atoms with E-state index in [2.05, 4.69) is 16.8 Å². The van der Waals surface area contributed by atoms with Crippen LogP contribution in [0.1, 0.15) is 12.6 Å². The average molecular weight is 214 g/mol. The molecule has 0 bridgehead atoms. The van der Waals surface area contributed by atoms with Crippen LogP contribution in [0.3, 0.4) is 0 Å². The first-order chi connectivity index (χ1) is 6.79. The molecule has 14 heavy (non-hydrogen) atoms. The van der Waals surface area contributed by atoms with Gasteiger partial charge in [-0.3, -0.25) is 0 Å². The van der Waals surface area contributed by atoms with Crippen LogP contribution in [0, 0.1) is 0 Å². The smallest absolute Gasteiger partial charge is 0.297 e. The van der Waals surface area contributed by atoms with Crippen LogP contribution in [0.5, 0.6) is 0 Å². The van der Waals surface area contributed by atoms with Crippen LogP contribution in [0.4, 0.5) is 6.01 Å². The summed E-state index contributed by atoms with van der Waals surface area (Å²) < 4.78 is 5.29. The van der Waals surface area contributed by atoms with Gasteiger partial charge in [0.15, 0.2) is 0 Å². The Kier molecular flexibility index (Phi) is 2.98. The molecule has 4 nitrogen and oxygen atoms in total. The Morgan fingerprint density at radius 2 is 2.64 bits per heavy atom. The van der Waals surface area contributed by atoms with Gasteiger partial charge >= 0.3 is 0 Å². The summed E-state index contributed by atoms with van der Waals surface area (Å²) in [4.78, 5) is 6.31. The first kappa shape index (κ1) is 9.86. The van der Waals surface area contributed by atoms with Crippen molar-refractivity contribution in [3.63, 3.8) is 0 Å². The number of aliphatic hydroxyl groups excluding tert-OH is 1. The third kappa shape index (κ3) is 2.04. The second kappa shape index (κ2) is 4.23. The summed E-state index contributed by atoms with van der Waals surface area (Å²) in [7, 11) is 0. The Morgan fingerprint density at radius 3 is 3.29 bits per heavy atom. The number of nitrogens with zero attached hydrogens (tertiary/aromatic N) is 2. The molecule has 0 spiro atoms. The lowest BCUT2D eigenvalue weighted by molar-refractivity contribution is 0.276. The van der Waals surface area contributed by atoms with Gasteiger partial charge in [0.1, 0.15) is 12.0 Å². The van der Waals surface area contributed by atoms with E-state index in [0.717, 1.165) is 18.8 Å². The number of hydrogen-bond donors (Lipinski definition) is 1. The molecule has 1 aliphatic heterocycles. The van der Waals surface area contributed by atoms with Crippen LogP contribution in [0.15, 0.2) is 10.7 Å². The molecule has 1 aliphatic rings. The monoisotopic (exact) mass is 214 g/mol. The molecule has 1 fully saturated rings. The van der Waals surface area contributed by atoms with Gasteiger partial charge in [-0.2, -0.15) is 16.7 Å². The lowest BCUT2D eigenvalue weighted by Gasteiger charge is -2.28. The van der Waals surface area contributed by atoms with Crippen LogP contribution in [0.25, 0.3) is 0 Å². The Labute approximate surface area is 87.3 Å². The van der Waals surface area contributed by atoms with Crippen LogP contribution >= 0.6 is 11.8 Å². The summed E-state index contributed by atoms with van der Waals surface area (Å²) in [6, 6.07) is 0.640. The first-order valence-electron chi connectivity index (χ1n) is 4.71. The minimum atomic E-state index is -0.0539. The fourth-order valence-electron chi connectivity index (χ4n) is 1.51. The molecule has 1 N–H and O–H groups in total. The molecule has 0 radical (unpaired) electrons. The van der Waals surface area contributed by atoms with E-state index in [1.165, 1.54) is 6.26 Å². The fourth-order valence-corrected chi connectivity index (χ4v) is 2.52. The SMILES string of the molecule is CC1CN(c2nc(CO)co2)CCS1. The number of rotatable bonds is 2. The maximum Gasteiger partial charge on any atom is 0.297 e. The molecule has 0 aromatic carbocycles. The molecule has 1 saturated heterocycles. The Balaban J connectivity index is 2.06. The second-order valence-electron chi connectivity index (χ2n) is 3.41. The van der Waals surface area contributed by atoms with Gasteiger partial charge in [-0.1, -0.05) is 6.92 Å². The summed E-state index contributed by atoms with van der Waals surface area (Å²) >= 11 is 1.97. The van der Waals surface area contributed by atoms with Crippen LogP contribution in [-0.4, -0.2) is 34.2 Å². The summed E-state index contributed by atoms with van der Waals surface area (Å²) in [5.41, 5.74) is 0.603. The van der Waals surface area contributed by atoms with Crippen molar-refractivity contribution < 1.29 is 9.52 Å². The molecule has 78 valence electrons. The zero-order valence-corrected chi connectivity index (χ0v) is 8.96. The number of aliphatic hydroxyl groups is 1. The van der Waals surface area contributed by atoms with Gasteiger partial charge in [0.05, 0.1) is 6.61 Å². The van der Waals surface area contributed by atoms with E-state index in [4.69, 9.17) is 9.52 Å². The Bertz CT molecular complexity index is 303. The molecule has 5 heteroatoms. The highest BCUT2D eigenvalue weighted by atomic mass is 32.2. The van der Waals surface area contributed by atoms with Gasteiger partial charge in [-0.05, 0) is 0 Å². The molecule has 1 atom stereocenters. The normalized spacial score (nSPS) is 22.7. The standard InChI is InChI=1S/C9H14N2O2S/c1-7-4-11(2-3-14-7)9-10-8(5-12)6-13-9/h6-7,12H,2-5H2,1H3. The van der Waals surface area contributed by atoms with Crippen molar-refractivity contribution in [2.75, 3.05) is 23.7 Å². The fraction of sp³-hybridized carbons (Fsp3) is 0.667. The quantitative estimate of drug-likeness (QED) is 0.799. The van der Waals surface area contributed by atoms with E-state index < -0.39 is 0 Å². The number of thioether (sulfide) groups is 1. The zero-order chi connectivity index (χ0) is 9.97. The molecule has 0 amide bonds. The number of hydrogen-bond acceptors (Lipinski definition) is 5. The third-order valence-corrected chi connectivity index (χ3v) is 3.35. The Morgan fingerprint density at radius 1 is 1.79 bits per heavy atom. The maximum atomic E-state index is 8.86. The van der Waals surface area contributed by atoms with Gasteiger partial charge in [0, 0.05) is 24.1 Å². The van der Waals surface area contributed by atoms with Crippen LogP contribution < -0.4 is 4.90 Å². The molecular weight excluding hydrogens is 200 g/mol. The molecular formula is C9H14N2O2S. The molecule has 2 heterocycles. The average Bonchev–Trinajstić information content (AvgIpc) is 2.66. The van der Waals surface area contributed by atoms with Crippen molar-refractivity contribution in [3.05, 3.63) is 12.0 Å². The second-order valence-corrected chi connectivity index (χ2v) is 4.95. The summed E-state index contributed by atoms with van der Waals surface area (Å²) in [5.74, 6) is 1.11. The predicted molar refractivity (Wildman–Crippen MR) is 56.6 cm³/mol. The predicted octanol–water partition coefficient (Wildman–Crippen LogP) is 1.11. The van der Waals surface area contributed by atoms with E-state index in [1.807, 2.05) is 11.8 Å². The van der Waals surface area contributed by atoms with Crippen molar-refractivity contribution >= 4 is 17.8 Å². The summed E-state index contributed by atoms with van der Waals surface area (Å²) in [5, 5.41) is 9.47. The number of oxazole rings is 1. The van der Waals surface area contributed by atoms with Gasteiger partial charge < -0.3 is 14.4 Å². The molecule has 1 unspecified atom stereocenters. The van der Waals surface area contributed by atoms with E-state index in [-0.39, 0.29) is 6.61 Å². The summed E-state index contributed by atoms with van der Waals surface area (Å²) in [6.07, 6.45) is 1.52. The first-order valence-corrected chi connectivity index (χ1v) is 5.76. The van der Waals surface area contributed by atoms with Crippen LogP contribution in [-0.2, 0) is 6.61 Å². The van der Waals surface area contributed by atoms with E-state index in [1.54, 1.807) is 0 Å². The van der Waals surface area contributed by atoms with Gasteiger partial charge in [-0.15, -0.1) is 0 Å². The Hall–Kier alpha value is -0.680. The maximum absolute atomic E-state index is 8.86. The lowest BCUT2D eigenvalue weighted by Crippen LogP contribution is -2.36. The molecule has 0 aliphatic carbocycles. The minimum Gasteiger partial charge on any atom is -0.432 e. The largest absolute Gasteiger partial charge is 0.432 e. The summed E-state index contributed by atoms with van der Waals surface area (Å²) in [6.45, 7) is 4.09. The highest BCUT2D eigenvalue weighted by Gasteiger charge is 2.20. The van der Waals surface area contributed by atoms with E-state index in [9.17, 15) is 0 Å². The topological polar surface area (TPSA) is 49.5 Å². The molecule has 1 aromatic heterocycles. The highest BCUT2D eigenvalue weighted by molar-refractivity contribution is 8.00. The minimum absolute atomic E-state index is 0.0539. The highest BCUT2D eigenvalue weighted by Crippen LogP contribution is 2.22. The van der Waals surface area contributed by atoms with E-state index in [0.29, 0.717) is 17.0 Å². The molecule has 2 rings (SSSR count).